The first kappa shape index (κ1) is 10.7. The normalized spacial score (nSPS) is 10.1. The molecule has 0 aromatic heterocycles. The van der Waals surface area contributed by atoms with Crippen molar-refractivity contribution in [1.82, 2.24) is 0 Å². The standard InChI is InChI=1S/C14H13O2/c1-15-11-12-7-9-14(10-8-12)16-13-5-3-2-4-6-13/h2-11H,1H3. The van der Waals surface area contributed by atoms with Crippen LogP contribution >= 0.6 is 0 Å². The largest absolute Gasteiger partial charge is 0.457 e. The number of ether oxygens (including phenoxy) is 2. The van der Waals surface area contributed by atoms with Gasteiger partial charge in [-0.3, -0.25) is 0 Å². The molecule has 2 heteroatoms. The molecular weight excluding hydrogens is 200 g/mol. The molecule has 0 heterocycles. The Balaban J connectivity index is 2.05. The van der Waals surface area contributed by atoms with Crippen LogP contribution in [0, 0.1) is 6.61 Å². The fraction of sp³-hybridized carbons (Fsp3) is 0.0714. The van der Waals surface area contributed by atoms with Crippen LogP contribution in [0.5, 0.6) is 11.5 Å². The summed E-state index contributed by atoms with van der Waals surface area (Å²) in [5.41, 5.74) is 1.02. The predicted molar refractivity (Wildman–Crippen MR) is 63.4 cm³/mol. The average Bonchev–Trinajstić information content (AvgIpc) is 2.33. The molecule has 1 radical (unpaired) electrons. The van der Waals surface area contributed by atoms with Gasteiger partial charge in [-0.2, -0.15) is 0 Å². The van der Waals surface area contributed by atoms with Crippen LogP contribution in [0.1, 0.15) is 5.56 Å². The maximum Gasteiger partial charge on any atom is 0.127 e. The van der Waals surface area contributed by atoms with Gasteiger partial charge in [-0.25, -0.2) is 0 Å². The highest BCUT2D eigenvalue weighted by Crippen LogP contribution is 2.21. The van der Waals surface area contributed by atoms with Gasteiger partial charge in [-0.05, 0) is 29.8 Å². The van der Waals surface area contributed by atoms with Crippen molar-refractivity contribution in [3.8, 4) is 11.5 Å². The van der Waals surface area contributed by atoms with Crippen LogP contribution in [0.4, 0.5) is 0 Å². The highest BCUT2D eigenvalue weighted by molar-refractivity contribution is 5.34. The summed E-state index contributed by atoms with van der Waals surface area (Å²) >= 11 is 0. The van der Waals surface area contributed by atoms with E-state index in [1.165, 1.54) is 0 Å². The highest BCUT2D eigenvalue weighted by Gasteiger charge is 1.97. The molecule has 0 aliphatic heterocycles. The SMILES string of the molecule is CO[CH]c1ccc(Oc2ccccc2)cc1. The van der Waals surface area contributed by atoms with Crippen molar-refractivity contribution < 1.29 is 9.47 Å². The molecule has 0 aliphatic rings. The minimum absolute atomic E-state index is 0.819. The maximum absolute atomic E-state index is 5.66. The van der Waals surface area contributed by atoms with Crippen molar-refractivity contribution in [2.45, 2.75) is 0 Å². The van der Waals surface area contributed by atoms with Crippen LogP contribution in [-0.4, -0.2) is 7.11 Å². The molecule has 81 valence electrons. The van der Waals surface area contributed by atoms with Gasteiger partial charge < -0.3 is 9.47 Å². The molecule has 2 aromatic rings. The Morgan fingerprint density at radius 3 is 2.06 bits per heavy atom. The molecule has 0 spiro atoms. The summed E-state index contributed by atoms with van der Waals surface area (Å²) in [7, 11) is 1.63. The Morgan fingerprint density at radius 1 is 0.812 bits per heavy atom. The Kier molecular flexibility index (Phi) is 3.57. The second-order valence-electron chi connectivity index (χ2n) is 3.34. The molecule has 2 aromatic carbocycles. The number of hydrogen-bond acceptors (Lipinski definition) is 2. The maximum atomic E-state index is 5.66. The molecule has 0 unspecified atom stereocenters. The molecule has 2 rings (SSSR count). The number of rotatable bonds is 4. The van der Waals surface area contributed by atoms with Crippen LogP contribution < -0.4 is 4.74 Å². The average molecular weight is 213 g/mol. The van der Waals surface area contributed by atoms with Gasteiger partial charge in [-0.15, -0.1) is 0 Å². The third-order valence-corrected chi connectivity index (χ3v) is 2.11. The first-order valence-corrected chi connectivity index (χ1v) is 5.07. The van der Waals surface area contributed by atoms with Gasteiger partial charge in [0.15, 0.2) is 0 Å². The quantitative estimate of drug-likeness (QED) is 0.772. The molecular formula is C14H13O2. The molecule has 0 fully saturated rings. The van der Waals surface area contributed by atoms with Gasteiger partial charge in [0.2, 0.25) is 0 Å². The van der Waals surface area contributed by atoms with E-state index in [9.17, 15) is 0 Å². The molecule has 0 atom stereocenters. The first-order valence-electron chi connectivity index (χ1n) is 5.07. The van der Waals surface area contributed by atoms with E-state index in [0.29, 0.717) is 0 Å². The van der Waals surface area contributed by atoms with E-state index in [1.54, 1.807) is 13.7 Å². The van der Waals surface area contributed by atoms with E-state index in [4.69, 9.17) is 9.47 Å². The number of hydrogen-bond donors (Lipinski definition) is 0. The van der Waals surface area contributed by atoms with Crippen molar-refractivity contribution >= 4 is 0 Å². The zero-order valence-electron chi connectivity index (χ0n) is 9.09. The van der Waals surface area contributed by atoms with Crippen LogP contribution in [-0.2, 0) is 4.74 Å². The molecule has 0 bridgehead atoms. The summed E-state index contributed by atoms with van der Waals surface area (Å²) in [6, 6.07) is 17.4. The zero-order chi connectivity index (χ0) is 11.2. The van der Waals surface area contributed by atoms with Crippen molar-refractivity contribution in [2.75, 3.05) is 7.11 Å². The monoisotopic (exact) mass is 213 g/mol. The van der Waals surface area contributed by atoms with Crippen molar-refractivity contribution in [2.24, 2.45) is 0 Å². The van der Waals surface area contributed by atoms with Gasteiger partial charge in [0.1, 0.15) is 18.1 Å². The van der Waals surface area contributed by atoms with Gasteiger partial charge in [-0.1, -0.05) is 30.3 Å². The van der Waals surface area contributed by atoms with E-state index < -0.39 is 0 Å². The predicted octanol–water partition coefficient (Wildman–Crippen LogP) is 3.64. The molecule has 2 nitrogen and oxygen atoms in total. The first-order chi connectivity index (χ1) is 7.88. The fourth-order valence-electron chi connectivity index (χ4n) is 1.38. The lowest BCUT2D eigenvalue weighted by atomic mass is 10.2. The smallest absolute Gasteiger partial charge is 0.127 e. The van der Waals surface area contributed by atoms with Crippen molar-refractivity contribution in [3.63, 3.8) is 0 Å². The Hall–Kier alpha value is -1.80. The molecule has 16 heavy (non-hydrogen) atoms. The summed E-state index contributed by atoms with van der Waals surface area (Å²) in [6.07, 6.45) is 0. The molecule has 0 saturated heterocycles. The summed E-state index contributed by atoms with van der Waals surface area (Å²) in [5.74, 6) is 1.66. The second-order valence-corrected chi connectivity index (χ2v) is 3.34. The Labute approximate surface area is 95.4 Å². The summed E-state index contributed by atoms with van der Waals surface area (Å²) in [6.45, 7) is 1.69. The van der Waals surface area contributed by atoms with Crippen molar-refractivity contribution in [1.29, 1.82) is 0 Å². The lowest BCUT2D eigenvalue weighted by Crippen LogP contribution is -1.86. The van der Waals surface area contributed by atoms with E-state index in [1.807, 2.05) is 54.6 Å². The second kappa shape index (κ2) is 5.33. The summed E-state index contributed by atoms with van der Waals surface area (Å²) in [5, 5.41) is 0. The van der Waals surface area contributed by atoms with Gasteiger partial charge >= 0.3 is 0 Å². The van der Waals surface area contributed by atoms with Crippen molar-refractivity contribution in [3.05, 3.63) is 66.8 Å². The van der Waals surface area contributed by atoms with Gasteiger partial charge in [0.25, 0.3) is 0 Å². The lowest BCUT2D eigenvalue weighted by Gasteiger charge is -2.05. The summed E-state index contributed by atoms with van der Waals surface area (Å²) in [4.78, 5) is 0. The zero-order valence-corrected chi connectivity index (χ0v) is 9.09. The van der Waals surface area contributed by atoms with E-state index in [2.05, 4.69) is 0 Å². The van der Waals surface area contributed by atoms with Gasteiger partial charge in [0, 0.05) is 7.11 Å². The molecule has 0 N–H and O–H groups in total. The third kappa shape index (κ3) is 2.84. The highest BCUT2D eigenvalue weighted by atomic mass is 16.5. The minimum atomic E-state index is 0.819. The Bertz CT molecular complexity index is 420. The van der Waals surface area contributed by atoms with Gasteiger partial charge in [0.05, 0.1) is 0 Å². The number of benzene rings is 2. The number of methoxy groups -OCH3 is 1. The topological polar surface area (TPSA) is 18.5 Å². The minimum Gasteiger partial charge on any atom is -0.457 e. The lowest BCUT2D eigenvalue weighted by molar-refractivity contribution is 0.292. The summed E-state index contributed by atoms with van der Waals surface area (Å²) < 4.78 is 10.6. The fourth-order valence-corrected chi connectivity index (χ4v) is 1.38. The molecule has 0 amide bonds. The van der Waals surface area contributed by atoms with Crippen LogP contribution in [0.3, 0.4) is 0 Å². The molecule has 0 saturated carbocycles. The van der Waals surface area contributed by atoms with Crippen LogP contribution in [0.15, 0.2) is 54.6 Å². The van der Waals surface area contributed by atoms with E-state index >= 15 is 0 Å². The van der Waals surface area contributed by atoms with Crippen LogP contribution in [0.25, 0.3) is 0 Å². The number of para-hydroxylation sites is 1. The van der Waals surface area contributed by atoms with E-state index in [-0.39, 0.29) is 0 Å². The third-order valence-electron chi connectivity index (χ3n) is 2.11. The van der Waals surface area contributed by atoms with Crippen LogP contribution in [0.2, 0.25) is 0 Å². The Morgan fingerprint density at radius 2 is 1.44 bits per heavy atom. The van der Waals surface area contributed by atoms with E-state index in [0.717, 1.165) is 17.1 Å². The molecule has 0 aliphatic carbocycles.